The largest absolute Gasteiger partial charge is 0.483 e. The third-order valence-corrected chi connectivity index (χ3v) is 4.93. The Morgan fingerprint density at radius 2 is 2.04 bits per heavy atom. The van der Waals surface area contributed by atoms with Crippen LogP contribution < -0.4 is 15.4 Å². The summed E-state index contributed by atoms with van der Waals surface area (Å²) < 4.78 is 32.8. The Kier molecular flexibility index (Phi) is 3.91. The lowest BCUT2D eigenvalue weighted by molar-refractivity contribution is -0.136. The molecule has 1 aromatic carbocycles. The molecule has 2 saturated heterocycles. The number of imide groups is 1. The summed E-state index contributed by atoms with van der Waals surface area (Å²) in [4.78, 5) is 37.3. The van der Waals surface area contributed by atoms with Crippen LogP contribution in [0.4, 0.5) is 8.78 Å². The topological polar surface area (TPSA) is 87.7 Å². The van der Waals surface area contributed by atoms with Crippen molar-refractivity contribution < 1.29 is 27.9 Å². The van der Waals surface area contributed by atoms with Crippen molar-refractivity contribution in [3.63, 3.8) is 0 Å². The SMILES string of the molecule is O=C1CC[C@H](N2Cc3cc(O[C@@H]4CNCC4(F)F)ccc3C2=O)C(=O)N1. The van der Waals surface area contributed by atoms with E-state index in [0.717, 1.165) is 0 Å². The average Bonchev–Trinajstić information content (AvgIpc) is 3.07. The first-order valence-electron chi connectivity index (χ1n) is 8.38. The zero-order chi connectivity index (χ0) is 18.5. The normalized spacial score (nSPS) is 27.5. The number of ether oxygens (including phenoxy) is 1. The molecule has 2 atom stereocenters. The van der Waals surface area contributed by atoms with E-state index in [1.807, 2.05) is 0 Å². The standard InChI is InChI=1S/C17H17F2N3O4/c18-17(19)8-20-6-13(17)26-10-1-2-11-9(5-10)7-22(16(11)25)12-3-4-14(23)21-15(12)24/h1-2,5,12-13,20H,3-4,6-8H2,(H,21,23,24)/t12-,13+/m0/s1. The second-order valence-electron chi connectivity index (χ2n) is 6.72. The van der Waals surface area contributed by atoms with Crippen molar-refractivity contribution in [2.45, 2.75) is 37.5 Å². The van der Waals surface area contributed by atoms with Gasteiger partial charge in [-0.25, -0.2) is 8.78 Å². The summed E-state index contributed by atoms with van der Waals surface area (Å²) in [6, 6.07) is 3.87. The van der Waals surface area contributed by atoms with Crippen LogP contribution in [0.25, 0.3) is 0 Å². The van der Waals surface area contributed by atoms with E-state index in [4.69, 9.17) is 4.74 Å². The van der Waals surface area contributed by atoms with Crippen molar-refractivity contribution in [1.82, 2.24) is 15.5 Å². The first-order valence-corrected chi connectivity index (χ1v) is 8.38. The van der Waals surface area contributed by atoms with Crippen LogP contribution in [0, 0.1) is 0 Å². The molecule has 3 aliphatic heterocycles. The van der Waals surface area contributed by atoms with Crippen molar-refractivity contribution in [3.8, 4) is 5.75 Å². The van der Waals surface area contributed by atoms with E-state index >= 15 is 0 Å². The smallest absolute Gasteiger partial charge is 0.297 e. The van der Waals surface area contributed by atoms with E-state index < -0.39 is 30.5 Å². The second-order valence-corrected chi connectivity index (χ2v) is 6.72. The quantitative estimate of drug-likeness (QED) is 0.759. The number of carbonyl (C=O) groups excluding carboxylic acids is 3. The zero-order valence-corrected chi connectivity index (χ0v) is 13.8. The molecule has 1 aromatic rings. The van der Waals surface area contributed by atoms with E-state index in [9.17, 15) is 23.2 Å². The molecule has 0 saturated carbocycles. The molecule has 3 aliphatic rings. The van der Waals surface area contributed by atoms with Gasteiger partial charge < -0.3 is 15.0 Å². The van der Waals surface area contributed by atoms with Gasteiger partial charge in [0.05, 0.1) is 6.54 Å². The van der Waals surface area contributed by atoms with Crippen molar-refractivity contribution >= 4 is 17.7 Å². The van der Waals surface area contributed by atoms with Crippen molar-refractivity contribution in [1.29, 1.82) is 0 Å². The maximum absolute atomic E-state index is 13.7. The van der Waals surface area contributed by atoms with E-state index in [2.05, 4.69) is 10.6 Å². The van der Waals surface area contributed by atoms with Gasteiger partial charge in [-0.15, -0.1) is 0 Å². The lowest BCUT2D eigenvalue weighted by Crippen LogP contribution is -2.52. The predicted molar refractivity (Wildman–Crippen MR) is 84.7 cm³/mol. The summed E-state index contributed by atoms with van der Waals surface area (Å²) in [6.45, 7) is -0.202. The molecule has 2 fully saturated rings. The molecule has 138 valence electrons. The average molecular weight is 365 g/mol. The molecule has 0 unspecified atom stereocenters. The summed E-state index contributed by atoms with van der Waals surface area (Å²) in [6.07, 6.45) is -0.813. The first kappa shape index (κ1) is 16.9. The Labute approximate surface area is 147 Å². The summed E-state index contributed by atoms with van der Waals surface area (Å²) >= 11 is 0. The van der Waals surface area contributed by atoms with Crippen LogP contribution in [0.3, 0.4) is 0 Å². The molecule has 3 amide bonds. The van der Waals surface area contributed by atoms with Gasteiger partial charge in [-0.3, -0.25) is 19.7 Å². The number of rotatable bonds is 3. The minimum Gasteiger partial charge on any atom is -0.483 e. The number of hydrogen-bond acceptors (Lipinski definition) is 5. The molecule has 0 aromatic heterocycles. The number of halogens is 2. The van der Waals surface area contributed by atoms with Gasteiger partial charge in [-0.2, -0.15) is 0 Å². The summed E-state index contributed by atoms with van der Waals surface area (Å²) in [5.41, 5.74) is 1.03. The minimum absolute atomic E-state index is 0.0470. The second kappa shape index (κ2) is 6.01. The number of nitrogens with one attached hydrogen (secondary N) is 2. The molecular formula is C17H17F2N3O4. The number of piperidine rings is 1. The van der Waals surface area contributed by atoms with Gasteiger partial charge in [0.15, 0.2) is 6.10 Å². The third kappa shape index (κ3) is 2.82. The van der Waals surface area contributed by atoms with Crippen LogP contribution in [0.15, 0.2) is 18.2 Å². The summed E-state index contributed by atoms with van der Waals surface area (Å²) in [5.74, 6) is -3.84. The Morgan fingerprint density at radius 3 is 2.73 bits per heavy atom. The summed E-state index contributed by atoms with van der Waals surface area (Å²) in [7, 11) is 0. The Hall–Kier alpha value is -2.55. The molecule has 2 N–H and O–H groups in total. The third-order valence-electron chi connectivity index (χ3n) is 4.93. The lowest BCUT2D eigenvalue weighted by atomic mass is 10.0. The highest BCUT2D eigenvalue weighted by molar-refractivity contribution is 6.05. The number of carbonyl (C=O) groups is 3. The lowest BCUT2D eigenvalue weighted by Gasteiger charge is -2.29. The highest BCUT2D eigenvalue weighted by atomic mass is 19.3. The molecular weight excluding hydrogens is 348 g/mol. The van der Waals surface area contributed by atoms with Crippen LogP contribution in [0.5, 0.6) is 5.75 Å². The Bertz CT molecular complexity index is 798. The maximum atomic E-state index is 13.7. The summed E-state index contributed by atoms with van der Waals surface area (Å²) in [5, 5.41) is 4.83. The molecule has 9 heteroatoms. The van der Waals surface area contributed by atoms with E-state index in [-0.39, 0.29) is 43.5 Å². The van der Waals surface area contributed by atoms with Crippen LogP contribution in [-0.2, 0) is 16.1 Å². The van der Waals surface area contributed by atoms with Gasteiger partial charge in [0, 0.05) is 25.1 Å². The van der Waals surface area contributed by atoms with Crippen LogP contribution in [-0.4, -0.2) is 53.8 Å². The molecule has 7 nitrogen and oxygen atoms in total. The highest BCUT2D eigenvalue weighted by Gasteiger charge is 2.46. The van der Waals surface area contributed by atoms with Gasteiger partial charge in [-0.1, -0.05) is 0 Å². The molecule has 0 bridgehead atoms. The van der Waals surface area contributed by atoms with Crippen molar-refractivity contribution in [2.24, 2.45) is 0 Å². The van der Waals surface area contributed by atoms with Gasteiger partial charge in [0.2, 0.25) is 11.8 Å². The number of benzene rings is 1. The van der Waals surface area contributed by atoms with Crippen LogP contribution in [0.2, 0.25) is 0 Å². The van der Waals surface area contributed by atoms with Crippen molar-refractivity contribution in [2.75, 3.05) is 13.1 Å². The van der Waals surface area contributed by atoms with Crippen LogP contribution in [0.1, 0.15) is 28.8 Å². The fourth-order valence-electron chi connectivity index (χ4n) is 3.55. The highest BCUT2D eigenvalue weighted by Crippen LogP contribution is 2.32. The maximum Gasteiger partial charge on any atom is 0.297 e. The first-order chi connectivity index (χ1) is 12.3. The number of alkyl halides is 2. The molecule has 3 heterocycles. The van der Waals surface area contributed by atoms with Crippen LogP contribution >= 0.6 is 0 Å². The Morgan fingerprint density at radius 1 is 1.23 bits per heavy atom. The minimum atomic E-state index is -2.95. The van der Waals surface area contributed by atoms with Gasteiger partial charge in [-0.05, 0) is 30.2 Å². The molecule has 4 rings (SSSR count). The number of amides is 3. The fraction of sp³-hybridized carbons (Fsp3) is 0.471. The number of nitrogens with zero attached hydrogens (tertiary/aromatic N) is 1. The van der Waals surface area contributed by atoms with E-state index in [1.165, 1.54) is 17.0 Å². The predicted octanol–water partition coefficient (Wildman–Crippen LogP) is 0.433. The molecule has 26 heavy (non-hydrogen) atoms. The fourth-order valence-corrected chi connectivity index (χ4v) is 3.55. The zero-order valence-electron chi connectivity index (χ0n) is 13.8. The number of hydrogen-bond donors (Lipinski definition) is 2. The van der Waals surface area contributed by atoms with Gasteiger partial charge in [0.25, 0.3) is 11.8 Å². The van der Waals surface area contributed by atoms with Crippen molar-refractivity contribution in [3.05, 3.63) is 29.3 Å². The molecule has 0 aliphatic carbocycles. The van der Waals surface area contributed by atoms with E-state index in [1.54, 1.807) is 6.07 Å². The molecule has 0 spiro atoms. The van der Waals surface area contributed by atoms with Gasteiger partial charge >= 0.3 is 0 Å². The van der Waals surface area contributed by atoms with Gasteiger partial charge in [0.1, 0.15) is 11.8 Å². The van der Waals surface area contributed by atoms with E-state index in [0.29, 0.717) is 11.1 Å². The molecule has 0 radical (unpaired) electrons. The Balaban J connectivity index is 1.52. The number of fused-ring (bicyclic) bond motifs is 1. The monoisotopic (exact) mass is 365 g/mol.